The molecule has 0 saturated heterocycles. The van der Waals surface area contributed by atoms with E-state index in [-0.39, 0.29) is 38.3 Å². The quantitative estimate of drug-likeness (QED) is 0.465. The van der Waals surface area contributed by atoms with Crippen LogP contribution in [0.3, 0.4) is 0 Å². The summed E-state index contributed by atoms with van der Waals surface area (Å²) < 4.78 is 0. The summed E-state index contributed by atoms with van der Waals surface area (Å²) in [5.74, 6) is 0. The predicted molar refractivity (Wildman–Crippen MR) is 44.1 cm³/mol. The van der Waals surface area contributed by atoms with Crippen LogP contribution in [0.2, 0.25) is 0 Å². The van der Waals surface area contributed by atoms with Crippen LogP contribution in [-0.4, -0.2) is 0 Å². The number of hydrogen-bond donors (Lipinski definition) is 0. The maximum absolute atomic E-state index is 3.25. The smallest absolute Gasteiger partial charge is 1.00 e. The monoisotopic (exact) mass is 338 g/mol. The molecule has 0 bridgehead atoms. The Morgan fingerprint density at radius 2 is 1.18 bits per heavy atom. The van der Waals surface area contributed by atoms with Gasteiger partial charge in [0.15, 0.2) is 0 Å². The van der Waals surface area contributed by atoms with E-state index in [0.717, 1.165) is 0 Å². The molecular weight excluding hydrogens is 322 g/mol. The van der Waals surface area contributed by atoms with Crippen molar-refractivity contribution in [2.45, 2.75) is 13.8 Å². The molecule has 0 atom stereocenters. The number of rotatable bonds is 0. The summed E-state index contributed by atoms with van der Waals surface area (Å²) in [6, 6.07) is 10.0. The third-order valence-electron chi connectivity index (χ3n) is 0.556. The molecule has 0 aromatic heterocycles. The second-order valence-corrected chi connectivity index (χ2v) is 0.962. The Balaban J connectivity index is -0.0000000369. The van der Waals surface area contributed by atoms with Crippen molar-refractivity contribution in [3.05, 3.63) is 44.2 Å². The van der Waals surface area contributed by atoms with Crippen molar-refractivity contribution in [2.24, 2.45) is 0 Å². The summed E-state index contributed by atoms with van der Waals surface area (Å²) in [6.07, 6.45) is 0. The van der Waals surface area contributed by atoms with Gasteiger partial charge in [-0.2, -0.15) is 32.0 Å². The topological polar surface area (TPSA) is 0 Å². The summed E-state index contributed by atoms with van der Waals surface area (Å²) in [5.41, 5.74) is 0. The molecule has 0 fully saturated rings. The summed E-state index contributed by atoms with van der Waals surface area (Å²) in [5, 5.41) is 0. The Labute approximate surface area is 96.0 Å². The van der Waals surface area contributed by atoms with Gasteiger partial charge in [0.05, 0.1) is 0 Å². The first-order valence-electron chi connectivity index (χ1n) is 3.08. The third kappa shape index (κ3) is 25.1. The fraction of sp³-hybridized carbons (Fsp3) is 0.222. The molecule has 0 aliphatic rings. The third-order valence-corrected chi connectivity index (χ3v) is 0.556. The molecule has 1 aromatic rings. The van der Waals surface area contributed by atoms with Crippen LogP contribution in [0.4, 0.5) is 0 Å². The molecule has 2 heteroatoms. The molecule has 0 unspecified atom stereocenters. The Kier molecular flexibility index (Phi) is 64.2. The van der Waals surface area contributed by atoms with Gasteiger partial charge >= 0.3 is 25.8 Å². The van der Waals surface area contributed by atoms with Crippen LogP contribution in [0.1, 0.15) is 13.8 Å². The molecule has 0 nitrogen and oxygen atoms in total. The van der Waals surface area contributed by atoms with E-state index in [1.807, 2.05) is 30.3 Å². The van der Waals surface area contributed by atoms with Gasteiger partial charge in [-0.25, -0.2) is 12.1 Å². The molecule has 11 heavy (non-hydrogen) atoms. The minimum absolute atomic E-state index is 0. The Hall–Kier alpha value is 0.510. The van der Waals surface area contributed by atoms with Crippen LogP contribution >= 0.6 is 0 Å². The fourth-order valence-electron chi connectivity index (χ4n) is 0.321. The van der Waals surface area contributed by atoms with Crippen molar-refractivity contribution in [2.75, 3.05) is 0 Å². The average Bonchev–Trinajstić information content (AvgIpc) is 2.51. The average molecular weight is 337 g/mol. The van der Waals surface area contributed by atoms with Crippen LogP contribution in [0.25, 0.3) is 0 Å². The van der Waals surface area contributed by atoms with E-state index < -0.39 is 0 Å². The van der Waals surface area contributed by atoms with Gasteiger partial charge in [0, 0.05) is 0 Å². The zero-order valence-corrected chi connectivity index (χ0v) is 11.5. The van der Waals surface area contributed by atoms with Gasteiger partial charge in [-0.1, -0.05) is 0 Å². The molecular formula is C9H15ClHf. The van der Waals surface area contributed by atoms with Gasteiger partial charge in [-0.05, 0) is 0 Å². The first-order valence-corrected chi connectivity index (χ1v) is 3.08. The van der Waals surface area contributed by atoms with Gasteiger partial charge < -0.3 is 26.3 Å². The molecule has 0 radical (unpaired) electrons. The fourth-order valence-corrected chi connectivity index (χ4v) is 0.321. The van der Waals surface area contributed by atoms with Gasteiger partial charge in [-0.15, -0.1) is 0 Å². The van der Waals surface area contributed by atoms with E-state index in [9.17, 15) is 0 Å². The molecule has 62 valence electrons. The zero-order chi connectivity index (χ0) is 7.54. The van der Waals surface area contributed by atoms with Crippen molar-refractivity contribution < 1.29 is 38.3 Å². The molecule has 0 heterocycles. The second-order valence-electron chi connectivity index (χ2n) is 0.962. The maximum Gasteiger partial charge on any atom is 4.00 e. The molecule has 0 aliphatic heterocycles. The van der Waals surface area contributed by atoms with E-state index in [1.165, 1.54) is 0 Å². The van der Waals surface area contributed by atoms with Crippen molar-refractivity contribution in [3.63, 3.8) is 0 Å². The van der Waals surface area contributed by atoms with Crippen molar-refractivity contribution >= 4 is 0 Å². The Morgan fingerprint density at radius 3 is 1.27 bits per heavy atom. The molecule has 0 N–H and O–H groups in total. The van der Waals surface area contributed by atoms with E-state index in [0.29, 0.717) is 0 Å². The van der Waals surface area contributed by atoms with E-state index >= 15 is 0 Å². The molecule has 0 amide bonds. The first-order chi connectivity index (χ1) is 4.50. The van der Waals surface area contributed by atoms with Crippen molar-refractivity contribution in [3.8, 4) is 0 Å². The van der Waals surface area contributed by atoms with Crippen LogP contribution in [-0.2, 0) is 25.8 Å². The van der Waals surface area contributed by atoms with E-state index in [4.69, 9.17) is 0 Å². The molecule has 1 rings (SSSR count). The van der Waals surface area contributed by atoms with Crippen molar-refractivity contribution in [1.82, 2.24) is 0 Å². The number of halogens is 1. The summed E-state index contributed by atoms with van der Waals surface area (Å²) in [4.78, 5) is 0. The standard InChI is InChI=1S/C5H5.2C2H5.ClH.Hf/c1-2-4-5-3-1;2*1-2;;/h1-5H;2*1H2,2H3;1H;/q3*-1;;+4/p-1. The number of hydrogen-bond acceptors (Lipinski definition) is 0. The first kappa shape index (κ1) is 22.5. The molecule has 1 aromatic carbocycles. The van der Waals surface area contributed by atoms with Gasteiger partial charge in [0.2, 0.25) is 0 Å². The minimum Gasteiger partial charge on any atom is -1.00 e. The van der Waals surface area contributed by atoms with E-state index in [2.05, 4.69) is 13.8 Å². The second kappa shape index (κ2) is 31.3. The zero-order valence-electron chi connectivity index (χ0n) is 7.18. The van der Waals surface area contributed by atoms with Gasteiger partial charge in [0.1, 0.15) is 0 Å². The molecule has 0 aliphatic carbocycles. The van der Waals surface area contributed by atoms with Crippen LogP contribution in [0.5, 0.6) is 0 Å². The molecule has 0 saturated carbocycles. The van der Waals surface area contributed by atoms with Gasteiger partial charge in [-0.3, -0.25) is 0 Å². The van der Waals surface area contributed by atoms with Crippen molar-refractivity contribution in [1.29, 1.82) is 0 Å². The Morgan fingerprint density at radius 1 is 0.909 bits per heavy atom. The van der Waals surface area contributed by atoms with Gasteiger partial charge in [0.25, 0.3) is 0 Å². The van der Waals surface area contributed by atoms with E-state index in [1.54, 1.807) is 13.8 Å². The van der Waals surface area contributed by atoms with Crippen LogP contribution < -0.4 is 12.4 Å². The SMILES string of the molecule is [CH2-]C.[CH2-]C.[Cl-].[Hf+4].c1cc[cH-]c1. The summed E-state index contributed by atoms with van der Waals surface area (Å²) >= 11 is 0. The maximum atomic E-state index is 3.25. The summed E-state index contributed by atoms with van der Waals surface area (Å²) in [7, 11) is 0. The normalized spacial score (nSPS) is 4.73. The minimum atomic E-state index is 0. The van der Waals surface area contributed by atoms with Crippen LogP contribution in [0.15, 0.2) is 30.3 Å². The molecule has 0 spiro atoms. The predicted octanol–water partition coefficient (Wildman–Crippen LogP) is 0.0878. The Bertz CT molecular complexity index is 66.0. The summed E-state index contributed by atoms with van der Waals surface area (Å²) in [6.45, 7) is 10.0. The van der Waals surface area contributed by atoms with Crippen LogP contribution in [0, 0.1) is 13.8 Å². The largest absolute Gasteiger partial charge is 4.00 e.